The van der Waals surface area contributed by atoms with E-state index in [0.717, 1.165) is 0 Å². The highest BCUT2D eigenvalue weighted by Crippen LogP contribution is 2.22. The number of hydrogen-bond acceptors (Lipinski definition) is 4. The number of primary sulfonamides is 1. The van der Waals surface area contributed by atoms with E-state index in [4.69, 9.17) is 9.56 Å². The molecule has 1 heterocycles. The van der Waals surface area contributed by atoms with Gasteiger partial charge < -0.3 is 9.73 Å². The molecular weight excluding hydrogens is 268 g/mol. The third-order valence-electron chi connectivity index (χ3n) is 2.62. The van der Waals surface area contributed by atoms with Crippen LogP contribution in [0.5, 0.6) is 0 Å². The van der Waals surface area contributed by atoms with Crippen molar-refractivity contribution in [1.29, 1.82) is 0 Å². The lowest BCUT2D eigenvalue weighted by Crippen LogP contribution is -2.16. The molecule has 2 rings (SSSR count). The Hall–Kier alpha value is -2.12. The molecule has 0 fully saturated rings. The highest BCUT2D eigenvalue weighted by Gasteiger charge is 2.15. The maximum atomic E-state index is 11.8. The van der Waals surface area contributed by atoms with Gasteiger partial charge in [-0.2, -0.15) is 0 Å². The van der Waals surface area contributed by atoms with E-state index in [-0.39, 0.29) is 10.8 Å². The molecule has 0 aliphatic heterocycles. The Labute approximate surface area is 110 Å². The minimum absolute atomic E-state index is 0.0162. The summed E-state index contributed by atoms with van der Waals surface area (Å²) in [5.41, 5.74) is 1.12. The van der Waals surface area contributed by atoms with Crippen molar-refractivity contribution >= 4 is 21.6 Å². The number of benzene rings is 1. The Morgan fingerprint density at radius 3 is 2.63 bits per heavy atom. The third kappa shape index (κ3) is 2.83. The largest absolute Gasteiger partial charge is 0.472 e. The molecule has 0 bridgehead atoms. The fourth-order valence-electron chi connectivity index (χ4n) is 1.65. The summed E-state index contributed by atoms with van der Waals surface area (Å²) in [5.74, 6) is -0.386. The molecule has 1 aromatic carbocycles. The number of furan rings is 1. The lowest BCUT2D eigenvalue weighted by molar-refractivity contribution is 0.102. The van der Waals surface area contributed by atoms with Gasteiger partial charge in [-0.1, -0.05) is 6.07 Å². The molecule has 0 aliphatic rings. The second-order valence-corrected chi connectivity index (χ2v) is 5.47. The molecule has 0 radical (unpaired) electrons. The molecule has 0 atom stereocenters. The minimum Gasteiger partial charge on any atom is -0.472 e. The maximum absolute atomic E-state index is 11.8. The number of carbonyl (C=O) groups is 1. The highest BCUT2D eigenvalue weighted by atomic mass is 32.2. The summed E-state index contributed by atoms with van der Waals surface area (Å²) >= 11 is 0. The van der Waals surface area contributed by atoms with Crippen LogP contribution in [0.3, 0.4) is 0 Å². The van der Waals surface area contributed by atoms with Crippen LogP contribution in [-0.4, -0.2) is 14.3 Å². The maximum Gasteiger partial charge on any atom is 0.258 e. The van der Waals surface area contributed by atoms with Gasteiger partial charge in [0, 0.05) is 5.69 Å². The minimum atomic E-state index is -3.82. The number of carbonyl (C=O) groups excluding carboxylic acids is 1. The number of rotatable bonds is 3. The Morgan fingerprint density at radius 1 is 1.32 bits per heavy atom. The highest BCUT2D eigenvalue weighted by molar-refractivity contribution is 7.89. The smallest absolute Gasteiger partial charge is 0.258 e. The average molecular weight is 280 g/mol. The lowest BCUT2D eigenvalue weighted by atomic mass is 10.2. The zero-order valence-corrected chi connectivity index (χ0v) is 10.9. The number of nitrogens with one attached hydrogen (secondary N) is 1. The van der Waals surface area contributed by atoms with Crippen molar-refractivity contribution in [2.45, 2.75) is 11.8 Å². The first-order valence-electron chi connectivity index (χ1n) is 5.35. The van der Waals surface area contributed by atoms with Crippen molar-refractivity contribution in [3.05, 3.63) is 47.9 Å². The van der Waals surface area contributed by atoms with Crippen molar-refractivity contribution in [2.24, 2.45) is 5.14 Å². The van der Waals surface area contributed by atoms with Gasteiger partial charge in [0.2, 0.25) is 10.0 Å². The van der Waals surface area contributed by atoms with E-state index in [1.54, 1.807) is 13.0 Å². The molecule has 100 valence electrons. The quantitative estimate of drug-likeness (QED) is 0.889. The molecule has 0 unspecified atom stereocenters. The van der Waals surface area contributed by atoms with E-state index >= 15 is 0 Å². The Balaban J connectivity index is 2.35. The van der Waals surface area contributed by atoms with Gasteiger partial charge in [0.15, 0.2) is 0 Å². The van der Waals surface area contributed by atoms with Crippen LogP contribution in [0.25, 0.3) is 0 Å². The van der Waals surface area contributed by atoms with Crippen molar-refractivity contribution in [1.82, 2.24) is 0 Å². The summed E-state index contributed by atoms with van der Waals surface area (Å²) in [4.78, 5) is 11.8. The number of amides is 1. The zero-order chi connectivity index (χ0) is 14.0. The lowest BCUT2D eigenvalue weighted by Gasteiger charge is -2.10. The molecule has 3 N–H and O–H groups in total. The van der Waals surface area contributed by atoms with Crippen LogP contribution in [0.2, 0.25) is 0 Å². The van der Waals surface area contributed by atoms with Gasteiger partial charge in [-0.05, 0) is 30.7 Å². The monoisotopic (exact) mass is 280 g/mol. The fraction of sp³-hybridized carbons (Fsp3) is 0.0833. The van der Waals surface area contributed by atoms with E-state index in [0.29, 0.717) is 16.8 Å². The van der Waals surface area contributed by atoms with E-state index in [1.807, 2.05) is 0 Å². The molecule has 7 heteroatoms. The number of hydrogen-bond donors (Lipinski definition) is 2. The number of anilines is 1. The summed E-state index contributed by atoms with van der Waals surface area (Å²) < 4.78 is 27.5. The van der Waals surface area contributed by atoms with Gasteiger partial charge in [0.1, 0.15) is 6.26 Å². The van der Waals surface area contributed by atoms with Gasteiger partial charge in [-0.3, -0.25) is 4.79 Å². The van der Waals surface area contributed by atoms with Crippen molar-refractivity contribution in [3.63, 3.8) is 0 Å². The predicted octanol–water partition coefficient (Wildman–Crippen LogP) is 1.49. The van der Waals surface area contributed by atoms with Crippen LogP contribution in [-0.2, 0) is 10.0 Å². The SMILES string of the molecule is Cc1c(NC(=O)c2ccoc2)cccc1S(N)(=O)=O. The molecule has 19 heavy (non-hydrogen) atoms. The summed E-state index contributed by atoms with van der Waals surface area (Å²) in [7, 11) is -3.82. The van der Waals surface area contributed by atoms with E-state index < -0.39 is 10.0 Å². The summed E-state index contributed by atoms with van der Waals surface area (Å²) in [5, 5.41) is 7.70. The standard InChI is InChI=1S/C12H12N2O4S/c1-8-10(3-2-4-11(8)19(13,16)17)14-12(15)9-5-6-18-7-9/h2-7H,1H3,(H,14,15)(H2,13,16,17). The molecule has 0 spiro atoms. The molecule has 0 saturated carbocycles. The fourth-order valence-corrected chi connectivity index (χ4v) is 2.45. The van der Waals surface area contributed by atoms with Gasteiger partial charge in [-0.25, -0.2) is 13.6 Å². The first-order valence-corrected chi connectivity index (χ1v) is 6.90. The van der Waals surface area contributed by atoms with E-state index in [1.165, 1.54) is 30.7 Å². The zero-order valence-electron chi connectivity index (χ0n) is 10.1. The van der Waals surface area contributed by atoms with Crippen molar-refractivity contribution in [3.8, 4) is 0 Å². The van der Waals surface area contributed by atoms with E-state index in [2.05, 4.69) is 5.32 Å². The van der Waals surface area contributed by atoms with Crippen LogP contribution in [0.15, 0.2) is 46.1 Å². The van der Waals surface area contributed by atoms with Crippen LogP contribution in [0.4, 0.5) is 5.69 Å². The van der Waals surface area contributed by atoms with Crippen LogP contribution < -0.4 is 10.5 Å². The second kappa shape index (κ2) is 4.87. The molecule has 6 nitrogen and oxygen atoms in total. The Bertz CT molecular complexity index is 705. The topological polar surface area (TPSA) is 102 Å². The molecule has 2 aromatic rings. The van der Waals surface area contributed by atoms with E-state index in [9.17, 15) is 13.2 Å². The van der Waals surface area contributed by atoms with Gasteiger partial charge in [0.25, 0.3) is 5.91 Å². The van der Waals surface area contributed by atoms with Crippen molar-refractivity contribution < 1.29 is 17.6 Å². The average Bonchev–Trinajstić information content (AvgIpc) is 2.83. The Kier molecular flexibility index (Phi) is 3.41. The van der Waals surface area contributed by atoms with Crippen LogP contribution in [0.1, 0.15) is 15.9 Å². The van der Waals surface area contributed by atoms with Gasteiger partial charge in [0.05, 0.1) is 16.7 Å². The normalized spacial score (nSPS) is 11.3. The van der Waals surface area contributed by atoms with Crippen LogP contribution in [0, 0.1) is 6.92 Å². The summed E-state index contributed by atoms with van der Waals surface area (Å²) in [6.45, 7) is 1.57. The third-order valence-corrected chi connectivity index (χ3v) is 3.68. The predicted molar refractivity (Wildman–Crippen MR) is 69.2 cm³/mol. The first kappa shape index (κ1) is 13.3. The molecule has 1 amide bonds. The molecule has 1 aromatic heterocycles. The van der Waals surface area contributed by atoms with Crippen LogP contribution >= 0.6 is 0 Å². The second-order valence-electron chi connectivity index (χ2n) is 3.94. The number of sulfonamides is 1. The molecule has 0 aliphatic carbocycles. The molecular formula is C12H12N2O4S. The summed E-state index contributed by atoms with van der Waals surface area (Å²) in [6, 6.07) is 6.01. The number of nitrogens with two attached hydrogens (primary N) is 1. The van der Waals surface area contributed by atoms with Gasteiger partial charge >= 0.3 is 0 Å². The van der Waals surface area contributed by atoms with Crippen molar-refractivity contribution in [2.75, 3.05) is 5.32 Å². The summed E-state index contributed by atoms with van der Waals surface area (Å²) in [6.07, 6.45) is 2.68. The first-order chi connectivity index (χ1) is 8.89. The Morgan fingerprint density at radius 2 is 2.05 bits per heavy atom. The molecule has 0 saturated heterocycles. The van der Waals surface area contributed by atoms with Gasteiger partial charge in [-0.15, -0.1) is 0 Å².